The van der Waals surface area contributed by atoms with E-state index in [0.29, 0.717) is 47.4 Å². The van der Waals surface area contributed by atoms with Crippen LogP contribution in [-0.4, -0.2) is 43.2 Å². The summed E-state index contributed by atoms with van der Waals surface area (Å²) in [5, 5.41) is 15.0. The molecule has 1 heterocycles. The molecule has 3 rings (SSSR count). The average Bonchev–Trinajstić information content (AvgIpc) is 2.84. The van der Waals surface area contributed by atoms with Gasteiger partial charge in [-0.05, 0) is 35.9 Å². The van der Waals surface area contributed by atoms with Crippen LogP contribution in [-0.2, 0) is 4.74 Å². The molecule has 3 aromatic rings. The molecule has 0 fully saturated rings. The summed E-state index contributed by atoms with van der Waals surface area (Å²) in [6.45, 7) is 0.854. The Hall–Kier alpha value is -3.43. The second-order valence-electron chi connectivity index (χ2n) is 6.48. The van der Waals surface area contributed by atoms with Crippen LogP contribution in [0.5, 0.6) is 11.5 Å². The molecule has 0 aliphatic carbocycles. The van der Waals surface area contributed by atoms with Crippen LogP contribution in [0.1, 0.15) is 15.9 Å². The predicted molar refractivity (Wildman–Crippen MR) is 127 cm³/mol. The van der Waals surface area contributed by atoms with Crippen LogP contribution in [0.15, 0.2) is 48.8 Å². The van der Waals surface area contributed by atoms with Gasteiger partial charge in [0.15, 0.2) is 28.8 Å². The highest BCUT2D eigenvalue weighted by molar-refractivity contribution is 14.1. The fourth-order valence-electron chi connectivity index (χ4n) is 2.82. The maximum absolute atomic E-state index is 12.2. The van der Waals surface area contributed by atoms with Crippen LogP contribution >= 0.6 is 23.0 Å². The lowest BCUT2D eigenvalue weighted by molar-refractivity contribution is 0.0937. The van der Waals surface area contributed by atoms with E-state index in [1.165, 1.54) is 7.11 Å². The van der Waals surface area contributed by atoms with E-state index in [2.05, 4.69) is 26.7 Å². The zero-order valence-corrected chi connectivity index (χ0v) is 19.5. The smallest absolute Gasteiger partial charge is 0.251 e. The summed E-state index contributed by atoms with van der Waals surface area (Å²) in [6.07, 6.45) is 3.33. The molecule has 1 aromatic heterocycles. The summed E-state index contributed by atoms with van der Waals surface area (Å²) < 4.78 is 15.6. The van der Waals surface area contributed by atoms with Crippen molar-refractivity contribution < 1.29 is 17.3 Å². The molecule has 0 aliphatic rings. The van der Waals surface area contributed by atoms with Crippen LogP contribution in [0.3, 0.4) is 0 Å². The first kappa shape index (κ1) is 23.2. The largest absolute Gasteiger partial charge is 0.495 e. The number of hydrogen-bond donors (Lipinski definition) is 2. The van der Waals surface area contributed by atoms with Crippen molar-refractivity contribution in [1.82, 2.24) is 15.3 Å². The third kappa shape index (κ3) is 5.63. The number of benzene rings is 2. The summed E-state index contributed by atoms with van der Waals surface area (Å²) in [6, 6.07) is 12.4. The highest BCUT2D eigenvalue weighted by atomic mass is 127. The normalized spacial score (nSPS) is 10.2. The Balaban J connectivity index is 1.75. The number of nitrogens with one attached hydrogen (secondary N) is 2. The Bertz CT molecular complexity index is 1130. The number of rotatable bonds is 9. The average molecular weight is 545 g/mol. The molecule has 0 atom stereocenters. The molecule has 1 amide bonds. The van der Waals surface area contributed by atoms with Gasteiger partial charge < -0.3 is 23.2 Å². The van der Waals surface area contributed by atoms with Gasteiger partial charge in [0.2, 0.25) is 5.95 Å². The van der Waals surface area contributed by atoms with Crippen LogP contribution in [0, 0.1) is 11.3 Å². The van der Waals surface area contributed by atoms with E-state index in [1.54, 1.807) is 72.8 Å². The molecular formula is C22H20IN5O4. The standard InChI is InChI=1S/C22H20IN5O4/c1-30-8-7-25-21(29)15-5-6-18(20(10-15)31-2)28-22-26-12-17(13-27-22)14-3-4-16(11-24)19(9-14)32-23/h3-6,9-10,12-13H,7-8H2,1-2H3,(H,25,29)(H,26,27,28). The number of nitrogens with zero attached hydrogens (tertiary/aromatic N) is 3. The molecule has 10 heteroatoms. The number of aromatic nitrogens is 2. The fourth-order valence-corrected chi connectivity index (χ4v) is 3.19. The second-order valence-corrected chi connectivity index (χ2v) is 6.92. The van der Waals surface area contributed by atoms with Gasteiger partial charge in [0.1, 0.15) is 11.8 Å². The Morgan fingerprint density at radius 3 is 2.53 bits per heavy atom. The van der Waals surface area contributed by atoms with Crippen molar-refractivity contribution in [2.75, 3.05) is 32.7 Å². The van der Waals surface area contributed by atoms with E-state index in [-0.39, 0.29) is 5.91 Å². The zero-order chi connectivity index (χ0) is 22.9. The number of amides is 1. The van der Waals surface area contributed by atoms with Crippen molar-refractivity contribution in [3.05, 3.63) is 59.9 Å². The third-order valence-corrected chi connectivity index (χ3v) is 4.95. The van der Waals surface area contributed by atoms with Crippen molar-refractivity contribution in [3.8, 4) is 28.7 Å². The number of hydrogen-bond acceptors (Lipinski definition) is 8. The van der Waals surface area contributed by atoms with Gasteiger partial charge >= 0.3 is 0 Å². The second kappa shape index (κ2) is 11.3. The molecule has 32 heavy (non-hydrogen) atoms. The van der Waals surface area contributed by atoms with E-state index in [0.717, 1.165) is 11.1 Å². The van der Waals surface area contributed by atoms with E-state index < -0.39 is 0 Å². The minimum absolute atomic E-state index is 0.218. The molecular weight excluding hydrogens is 525 g/mol. The number of methoxy groups -OCH3 is 2. The zero-order valence-electron chi connectivity index (χ0n) is 17.4. The summed E-state index contributed by atoms with van der Waals surface area (Å²) in [5.74, 6) is 1.10. The molecule has 0 radical (unpaired) electrons. The van der Waals surface area contributed by atoms with E-state index in [9.17, 15) is 4.79 Å². The molecule has 2 N–H and O–H groups in total. The number of carbonyl (C=O) groups is 1. The molecule has 0 unspecified atom stereocenters. The number of carbonyl (C=O) groups excluding carboxylic acids is 1. The van der Waals surface area contributed by atoms with Crippen molar-refractivity contribution in [2.24, 2.45) is 0 Å². The molecule has 0 spiro atoms. The maximum atomic E-state index is 12.2. The van der Waals surface area contributed by atoms with Crippen LogP contribution in [0.4, 0.5) is 11.6 Å². The van der Waals surface area contributed by atoms with Gasteiger partial charge in [-0.3, -0.25) is 4.79 Å². The van der Waals surface area contributed by atoms with Gasteiger partial charge in [-0.15, -0.1) is 0 Å². The summed E-state index contributed by atoms with van der Waals surface area (Å²) in [4.78, 5) is 20.9. The number of ether oxygens (including phenoxy) is 2. The van der Waals surface area contributed by atoms with Gasteiger partial charge in [-0.25, -0.2) is 9.97 Å². The third-order valence-electron chi connectivity index (χ3n) is 4.47. The fraction of sp³-hybridized carbons (Fsp3) is 0.182. The summed E-state index contributed by atoms with van der Waals surface area (Å²) in [7, 11) is 3.10. The minimum atomic E-state index is -0.218. The summed E-state index contributed by atoms with van der Waals surface area (Å²) in [5.41, 5.74) is 3.13. The van der Waals surface area contributed by atoms with Crippen LogP contribution < -0.4 is 18.4 Å². The number of halogens is 1. The van der Waals surface area contributed by atoms with Crippen molar-refractivity contribution in [2.45, 2.75) is 0 Å². The van der Waals surface area contributed by atoms with Crippen molar-refractivity contribution in [3.63, 3.8) is 0 Å². The van der Waals surface area contributed by atoms with Gasteiger partial charge in [-0.2, -0.15) is 5.26 Å². The number of anilines is 2. The first-order valence-corrected chi connectivity index (χ1v) is 10.3. The lowest BCUT2D eigenvalue weighted by Gasteiger charge is -2.12. The predicted octanol–water partition coefficient (Wildman–Crippen LogP) is 3.87. The molecule has 0 bridgehead atoms. The summed E-state index contributed by atoms with van der Waals surface area (Å²) >= 11 is 1.74. The van der Waals surface area contributed by atoms with Gasteiger partial charge in [0.05, 0.1) is 25.0 Å². The lowest BCUT2D eigenvalue weighted by atomic mass is 10.1. The molecule has 9 nitrogen and oxygen atoms in total. The molecule has 0 aliphatic heterocycles. The first-order valence-electron chi connectivity index (χ1n) is 9.47. The quantitative estimate of drug-likeness (QED) is 0.308. The lowest BCUT2D eigenvalue weighted by Crippen LogP contribution is -2.26. The first-order chi connectivity index (χ1) is 15.6. The Kier molecular flexibility index (Phi) is 8.18. The van der Waals surface area contributed by atoms with Crippen LogP contribution in [0.2, 0.25) is 0 Å². The van der Waals surface area contributed by atoms with E-state index in [4.69, 9.17) is 17.8 Å². The highest BCUT2D eigenvalue weighted by Crippen LogP contribution is 2.30. The Labute approximate surface area is 199 Å². The van der Waals surface area contributed by atoms with E-state index >= 15 is 0 Å². The number of nitriles is 1. The van der Waals surface area contributed by atoms with Crippen molar-refractivity contribution >= 4 is 40.5 Å². The topological polar surface area (TPSA) is 118 Å². The molecule has 0 saturated carbocycles. The molecule has 2 aromatic carbocycles. The van der Waals surface area contributed by atoms with Gasteiger partial charge in [-0.1, -0.05) is 6.07 Å². The minimum Gasteiger partial charge on any atom is -0.495 e. The SMILES string of the molecule is COCCNC(=O)c1ccc(Nc2ncc(-c3ccc(C#N)c(OI)c3)cn2)c(OC)c1. The molecule has 0 saturated heterocycles. The Morgan fingerprint density at radius 2 is 1.88 bits per heavy atom. The van der Waals surface area contributed by atoms with Gasteiger partial charge in [0, 0.05) is 37.2 Å². The molecule has 164 valence electrons. The van der Waals surface area contributed by atoms with Crippen molar-refractivity contribution in [1.29, 1.82) is 5.26 Å². The van der Waals surface area contributed by atoms with Gasteiger partial charge in [0.25, 0.3) is 5.91 Å². The maximum Gasteiger partial charge on any atom is 0.251 e. The monoisotopic (exact) mass is 545 g/mol. The highest BCUT2D eigenvalue weighted by Gasteiger charge is 2.12. The van der Waals surface area contributed by atoms with Crippen LogP contribution in [0.25, 0.3) is 11.1 Å². The van der Waals surface area contributed by atoms with E-state index in [1.807, 2.05) is 6.07 Å². The Morgan fingerprint density at radius 1 is 1.09 bits per heavy atom.